The maximum Gasteiger partial charge on any atom is 0.336 e. The number of ether oxygens (including phenoxy) is 8. The van der Waals surface area contributed by atoms with Gasteiger partial charge in [0, 0.05) is 28.1 Å². The molecule has 2 aliphatic heterocycles. The Bertz CT molecular complexity index is 1600. The Kier molecular flexibility index (Phi) is 22.2. The van der Waals surface area contributed by atoms with Gasteiger partial charge in [-0.15, -0.1) is 0 Å². The highest BCUT2D eigenvalue weighted by Gasteiger charge is 2.47. The molecule has 0 aliphatic carbocycles. The van der Waals surface area contributed by atoms with E-state index < -0.39 is 146 Å². The molecule has 0 saturated carbocycles. The number of nitrogens with zero attached hydrogens (tertiary/aromatic N) is 2. The summed E-state index contributed by atoms with van der Waals surface area (Å²) >= 11 is 0. The zero-order valence-corrected chi connectivity index (χ0v) is 34.4. The fourth-order valence-corrected chi connectivity index (χ4v) is 6.02. The summed E-state index contributed by atoms with van der Waals surface area (Å²) < 4.78 is 43.1. The summed E-state index contributed by atoms with van der Waals surface area (Å²) in [5, 5.41) is 73.5. The highest BCUT2D eigenvalue weighted by molar-refractivity contribution is 5.97. The second-order valence-electron chi connectivity index (χ2n) is 13.6. The van der Waals surface area contributed by atoms with E-state index in [1.807, 2.05) is 10.9 Å². The minimum atomic E-state index is -2.06. The summed E-state index contributed by atoms with van der Waals surface area (Å²) in [5.41, 5.74) is 3.95. The number of carboxylic acids is 1. The lowest BCUT2D eigenvalue weighted by Crippen LogP contribution is -2.64. The molecule has 0 bridgehead atoms. The molecule has 14 unspecified atom stereocenters. The highest BCUT2D eigenvalue weighted by Crippen LogP contribution is 2.26. The second kappa shape index (κ2) is 25.9. The Labute approximate surface area is 353 Å². The molecule has 16 atom stereocenters. The molecule has 2 rings (SSSR count). The van der Waals surface area contributed by atoms with Gasteiger partial charge in [0.1, 0.15) is 61.0 Å². The van der Waals surface area contributed by atoms with Crippen molar-refractivity contribution < 1.29 is 102 Å². The van der Waals surface area contributed by atoms with E-state index in [0.717, 1.165) is 27.4 Å². The molecule has 0 aromatic rings. The predicted octanol–water partition coefficient (Wildman–Crippen LogP) is -5.39. The van der Waals surface area contributed by atoms with Crippen molar-refractivity contribution in [2.45, 2.75) is 132 Å². The molecule has 2 saturated heterocycles. The lowest BCUT2D eigenvalue weighted by Gasteiger charge is -2.44. The molecule has 0 spiro atoms. The van der Waals surface area contributed by atoms with Crippen LogP contribution in [0, 0.1) is 0 Å². The van der Waals surface area contributed by atoms with Crippen LogP contribution in [0.3, 0.4) is 0 Å². The average Bonchev–Trinajstić information content (AvgIpc) is 3.20. The van der Waals surface area contributed by atoms with Crippen LogP contribution in [0.4, 0.5) is 0 Å². The summed E-state index contributed by atoms with van der Waals surface area (Å²) in [7, 11) is 2.14. The van der Waals surface area contributed by atoms with Crippen LogP contribution in [0.1, 0.15) is 34.1 Å². The van der Waals surface area contributed by atoms with Gasteiger partial charge in [-0.2, -0.15) is 10.2 Å². The molecule has 2 fully saturated rings. The summed E-state index contributed by atoms with van der Waals surface area (Å²) in [6, 6.07) is -2.19. The van der Waals surface area contributed by atoms with E-state index in [4.69, 9.17) is 37.9 Å². The predicted molar refractivity (Wildman–Crippen MR) is 203 cm³/mol. The minimum absolute atomic E-state index is 0.115. The van der Waals surface area contributed by atoms with Crippen LogP contribution < -0.4 is 21.5 Å². The summed E-state index contributed by atoms with van der Waals surface area (Å²) in [5.74, 6) is -5.72. The molecule has 2 heterocycles. The van der Waals surface area contributed by atoms with Gasteiger partial charge in [-0.05, 0) is 13.8 Å². The quantitative estimate of drug-likeness (QED) is 0.0102. The largest absolute Gasteiger partial charge is 0.510 e. The molecule has 0 aromatic carbocycles. The monoisotopic (exact) mass is 894 g/mol. The number of carbonyl (C=O) groups excluding carboxylic acids is 6. The standard InChI is InChI=1S/C35H54N6O21/c1-14(45)30(61-25(13-44)62-32-26(38-17(4)46)15(2)57-20(11-42)28(32)50)19(55-6)9-36-40-22(48)8-23(49)41-37-10-24(59-31(34(52)53)21(12-43)56-7)60-33-27(39-18(5)47)16(3)58-35(54)29(33)51/h9-10,12-13,15-16,19-21,24-33,35,42,45,50-51,54H,1,8,11H2,2-7H3,(H,38,46)(H,39,47)(H,40,48)(H,41,49)(H,52,53)/b36-9+,37-10+/t15-,16-,19?,20?,21?,24?,25?,26?,27?,28?,29?,30?,31?,32?,33?,35?/m1/s1. The molecule has 0 aromatic heterocycles. The highest BCUT2D eigenvalue weighted by atomic mass is 16.7. The van der Waals surface area contributed by atoms with E-state index in [2.05, 4.69) is 27.4 Å². The van der Waals surface area contributed by atoms with Crippen LogP contribution in [0.15, 0.2) is 22.5 Å². The van der Waals surface area contributed by atoms with Crippen molar-refractivity contribution in [2.24, 2.45) is 10.2 Å². The number of aliphatic hydroxyl groups excluding tert-OH is 5. The van der Waals surface area contributed by atoms with E-state index in [1.165, 1.54) is 20.8 Å². The Hall–Kier alpha value is -4.91. The first-order chi connectivity index (χ1) is 29.2. The summed E-state index contributed by atoms with van der Waals surface area (Å²) in [4.78, 5) is 84.4. The molecule has 62 heavy (non-hydrogen) atoms. The number of hydrogen-bond acceptors (Lipinski definition) is 22. The molecule has 27 nitrogen and oxygen atoms in total. The number of rotatable bonds is 25. The van der Waals surface area contributed by atoms with Gasteiger partial charge in [0.05, 0.1) is 43.3 Å². The molecule has 10 N–H and O–H groups in total. The number of aldehydes is 2. The van der Waals surface area contributed by atoms with Gasteiger partial charge in [-0.3, -0.25) is 24.0 Å². The van der Waals surface area contributed by atoms with Gasteiger partial charge in [0.2, 0.25) is 29.9 Å². The Morgan fingerprint density at radius 3 is 1.71 bits per heavy atom. The first-order valence-corrected chi connectivity index (χ1v) is 18.6. The fourth-order valence-electron chi connectivity index (χ4n) is 6.02. The van der Waals surface area contributed by atoms with Crippen molar-refractivity contribution in [3.63, 3.8) is 0 Å². The van der Waals surface area contributed by atoms with E-state index in [9.17, 15) is 64.2 Å². The molecule has 27 heteroatoms. The van der Waals surface area contributed by atoms with E-state index in [-0.39, 0.29) is 12.6 Å². The van der Waals surface area contributed by atoms with Gasteiger partial charge in [0.25, 0.3) is 0 Å². The van der Waals surface area contributed by atoms with Gasteiger partial charge in [-0.1, -0.05) is 6.58 Å². The van der Waals surface area contributed by atoms with Crippen molar-refractivity contribution in [3.05, 3.63) is 12.3 Å². The molecule has 0 radical (unpaired) electrons. The Morgan fingerprint density at radius 2 is 1.24 bits per heavy atom. The number of nitrogens with one attached hydrogen (secondary N) is 4. The van der Waals surface area contributed by atoms with Crippen molar-refractivity contribution in [2.75, 3.05) is 20.8 Å². The van der Waals surface area contributed by atoms with Crippen molar-refractivity contribution in [3.8, 4) is 0 Å². The van der Waals surface area contributed by atoms with Gasteiger partial charge in [-0.25, -0.2) is 15.6 Å². The number of hydrazone groups is 2. The van der Waals surface area contributed by atoms with Crippen LogP contribution >= 0.6 is 0 Å². The zero-order chi connectivity index (χ0) is 46.8. The lowest BCUT2D eigenvalue weighted by atomic mass is 9.93. The van der Waals surface area contributed by atoms with Crippen LogP contribution in [0.5, 0.6) is 0 Å². The third kappa shape index (κ3) is 15.8. The minimum Gasteiger partial charge on any atom is -0.510 e. The Morgan fingerprint density at radius 1 is 0.742 bits per heavy atom. The first kappa shape index (κ1) is 53.2. The normalized spacial score (nSPS) is 29.3. The maximum absolute atomic E-state index is 12.6. The van der Waals surface area contributed by atoms with E-state index in [1.54, 1.807) is 0 Å². The summed E-state index contributed by atoms with van der Waals surface area (Å²) in [6.45, 7) is 8.02. The van der Waals surface area contributed by atoms with Crippen LogP contribution in [-0.2, 0) is 71.5 Å². The maximum atomic E-state index is 12.6. The van der Waals surface area contributed by atoms with Crippen LogP contribution in [-0.4, -0.2) is 204 Å². The van der Waals surface area contributed by atoms with Crippen molar-refractivity contribution in [1.29, 1.82) is 0 Å². The second-order valence-corrected chi connectivity index (χ2v) is 13.6. The number of aliphatic carboxylic acids is 1. The van der Waals surface area contributed by atoms with E-state index in [0.29, 0.717) is 6.21 Å². The number of aliphatic hydroxyl groups is 5. The molecule has 350 valence electrons. The van der Waals surface area contributed by atoms with Gasteiger partial charge < -0.3 is 84.0 Å². The summed E-state index contributed by atoms with van der Waals surface area (Å²) in [6.07, 6.45) is -20.9. The van der Waals surface area contributed by atoms with Crippen molar-refractivity contribution >= 4 is 54.6 Å². The third-order valence-electron chi connectivity index (χ3n) is 8.95. The number of amides is 4. The smallest absolute Gasteiger partial charge is 0.336 e. The zero-order valence-electron chi connectivity index (χ0n) is 34.4. The lowest BCUT2D eigenvalue weighted by molar-refractivity contribution is -0.284. The van der Waals surface area contributed by atoms with Gasteiger partial charge >= 0.3 is 5.97 Å². The first-order valence-electron chi connectivity index (χ1n) is 18.6. The van der Waals surface area contributed by atoms with E-state index >= 15 is 0 Å². The molecular weight excluding hydrogens is 840 g/mol. The van der Waals surface area contributed by atoms with Crippen LogP contribution in [0.25, 0.3) is 0 Å². The van der Waals surface area contributed by atoms with Gasteiger partial charge in [0.15, 0.2) is 31.3 Å². The molecule has 4 amide bonds. The topological polar surface area (TPSA) is 388 Å². The number of carboxylic acid groups (broad SMARTS) is 1. The van der Waals surface area contributed by atoms with Crippen molar-refractivity contribution in [1.82, 2.24) is 21.5 Å². The van der Waals surface area contributed by atoms with Crippen LogP contribution in [0.2, 0.25) is 0 Å². The average molecular weight is 895 g/mol. The number of carbonyl (C=O) groups is 7. The SMILES string of the molecule is C=C(O)C(OC(C=O)OC1C(O)C(CO)O[C@H](C)C1NC(C)=O)C(/C=N/NC(=O)CC(=O)N/N=C/C(OC(C(=O)O)C(C=O)OC)OC1C(O)C(O)O[C@H](C)C1NC(C)=O)OC. The fraction of sp³-hybridized carbons (Fsp3) is 0.686. The number of methoxy groups -OCH3 is 2. The molecule has 2 aliphatic rings. The Balaban J connectivity index is 2.17. The molecular formula is C35H54N6O21. The third-order valence-corrected chi connectivity index (χ3v) is 8.95. The number of hydrogen-bond donors (Lipinski definition) is 10.